The van der Waals surface area contributed by atoms with Gasteiger partial charge in [0.25, 0.3) is 0 Å². The Hall–Kier alpha value is -1.04. The van der Waals surface area contributed by atoms with Gasteiger partial charge in [-0.3, -0.25) is 0 Å². The van der Waals surface area contributed by atoms with Crippen LogP contribution in [0.4, 0.5) is 4.79 Å². The molecule has 1 atom stereocenters. The second-order valence-corrected chi connectivity index (χ2v) is 6.93. The van der Waals surface area contributed by atoms with E-state index in [0.29, 0.717) is 6.54 Å². The Morgan fingerprint density at radius 2 is 2.10 bits per heavy atom. The number of rotatable bonds is 4. The minimum Gasteiger partial charge on any atom is -0.333 e. The smallest absolute Gasteiger partial charge is 0.315 e. The monoisotopic (exact) mass is 372 g/mol. The molecule has 1 aromatic carbocycles. The Morgan fingerprint density at radius 1 is 1.35 bits per heavy atom. The normalized spacial score (nSPS) is 11.9. The van der Waals surface area contributed by atoms with Crippen molar-refractivity contribution in [3.8, 4) is 0 Å². The zero-order chi connectivity index (χ0) is 14.5. The highest BCUT2D eigenvalue weighted by atomic mass is 79.9. The maximum atomic E-state index is 11.9. The minimum atomic E-state index is -0.197. The number of halogens is 2. The summed E-state index contributed by atoms with van der Waals surface area (Å²) >= 11 is 10.8. The van der Waals surface area contributed by atoms with Gasteiger partial charge in [-0.2, -0.15) is 0 Å². The van der Waals surface area contributed by atoms with Crippen LogP contribution < -0.4 is 10.6 Å². The van der Waals surface area contributed by atoms with Crippen LogP contribution in [-0.2, 0) is 6.54 Å². The van der Waals surface area contributed by atoms with Crippen LogP contribution in [0, 0.1) is 0 Å². The van der Waals surface area contributed by atoms with Crippen LogP contribution >= 0.6 is 38.9 Å². The first-order valence-corrected chi connectivity index (χ1v) is 8.08. The van der Waals surface area contributed by atoms with Gasteiger partial charge in [-0.1, -0.05) is 45.7 Å². The first-order valence-electron chi connectivity index (χ1n) is 6.09. The average molecular weight is 374 g/mol. The first kappa shape index (κ1) is 15.4. The number of amides is 2. The lowest BCUT2D eigenvalue weighted by Gasteiger charge is -2.16. The molecule has 0 saturated carbocycles. The van der Waals surface area contributed by atoms with E-state index in [-0.39, 0.29) is 12.1 Å². The van der Waals surface area contributed by atoms with Crippen molar-refractivity contribution >= 4 is 44.9 Å². The molecule has 2 rings (SSSR count). The van der Waals surface area contributed by atoms with Crippen LogP contribution in [0.15, 0.2) is 40.9 Å². The summed E-state index contributed by atoms with van der Waals surface area (Å²) in [7, 11) is 0. The van der Waals surface area contributed by atoms with E-state index in [1.54, 1.807) is 0 Å². The van der Waals surface area contributed by atoms with E-state index in [9.17, 15) is 4.79 Å². The number of carbonyl (C=O) groups excluding carboxylic acids is 1. The third kappa shape index (κ3) is 4.23. The molecule has 1 aromatic heterocycles. The van der Waals surface area contributed by atoms with Gasteiger partial charge in [-0.25, -0.2) is 4.79 Å². The lowest BCUT2D eigenvalue weighted by atomic mass is 10.1. The standard InChI is InChI=1S/C14H14BrClN2OS/c1-9(11-4-2-3-5-12(11)15)18-14(19)17-8-10-6-7-13(16)20-10/h2-7,9H,8H2,1H3,(H2,17,18,19). The van der Waals surface area contributed by atoms with Crippen LogP contribution in [0.25, 0.3) is 0 Å². The average Bonchev–Trinajstić information content (AvgIpc) is 2.82. The van der Waals surface area contributed by atoms with Crippen molar-refractivity contribution < 1.29 is 4.79 Å². The highest BCUT2D eigenvalue weighted by Crippen LogP contribution is 2.23. The number of thiophene rings is 1. The Kier molecular flexibility index (Phi) is 5.46. The quantitative estimate of drug-likeness (QED) is 0.799. The van der Waals surface area contributed by atoms with Gasteiger partial charge in [-0.05, 0) is 30.7 Å². The van der Waals surface area contributed by atoms with E-state index in [4.69, 9.17) is 11.6 Å². The topological polar surface area (TPSA) is 41.1 Å². The summed E-state index contributed by atoms with van der Waals surface area (Å²) < 4.78 is 1.71. The molecule has 0 aliphatic carbocycles. The predicted octanol–water partition coefficient (Wildman–Crippen LogP) is 4.72. The molecule has 20 heavy (non-hydrogen) atoms. The molecule has 0 radical (unpaired) electrons. The second-order valence-electron chi connectivity index (χ2n) is 4.28. The van der Waals surface area contributed by atoms with Crippen LogP contribution in [-0.4, -0.2) is 6.03 Å². The van der Waals surface area contributed by atoms with Crippen LogP contribution in [0.2, 0.25) is 4.34 Å². The summed E-state index contributed by atoms with van der Waals surface area (Å²) in [4.78, 5) is 12.9. The summed E-state index contributed by atoms with van der Waals surface area (Å²) in [6, 6.07) is 11.3. The molecule has 3 nitrogen and oxygen atoms in total. The van der Waals surface area contributed by atoms with Gasteiger partial charge in [0, 0.05) is 9.35 Å². The summed E-state index contributed by atoms with van der Waals surface area (Å²) in [5.41, 5.74) is 1.04. The third-order valence-electron chi connectivity index (χ3n) is 2.77. The van der Waals surface area contributed by atoms with Crippen molar-refractivity contribution in [2.75, 3.05) is 0 Å². The molecule has 0 fully saturated rings. The Morgan fingerprint density at radius 3 is 2.75 bits per heavy atom. The van der Waals surface area contributed by atoms with Crippen molar-refractivity contribution in [3.05, 3.63) is 55.6 Å². The molecular formula is C14H14BrClN2OS. The van der Waals surface area contributed by atoms with E-state index in [1.165, 1.54) is 11.3 Å². The van der Waals surface area contributed by atoms with E-state index in [0.717, 1.165) is 19.2 Å². The Labute approximate surface area is 135 Å². The largest absolute Gasteiger partial charge is 0.333 e. The van der Waals surface area contributed by atoms with Gasteiger partial charge >= 0.3 is 6.03 Å². The summed E-state index contributed by atoms with van der Waals surface area (Å²) in [5, 5.41) is 5.72. The zero-order valence-corrected chi connectivity index (χ0v) is 14.0. The number of nitrogens with one attached hydrogen (secondary N) is 2. The fraction of sp³-hybridized carbons (Fsp3) is 0.214. The number of benzene rings is 1. The van der Waals surface area contributed by atoms with Crippen molar-refractivity contribution in [1.29, 1.82) is 0 Å². The molecule has 0 aliphatic heterocycles. The molecule has 0 aliphatic rings. The van der Waals surface area contributed by atoms with E-state index >= 15 is 0 Å². The molecule has 2 N–H and O–H groups in total. The highest BCUT2D eigenvalue weighted by Gasteiger charge is 2.11. The fourth-order valence-corrected chi connectivity index (χ4v) is 3.42. The van der Waals surface area contributed by atoms with E-state index in [2.05, 4.69) is 26.6 Å². The molecule has 6 heteroatoms. The molecular weight excluding hydrogens is 360 g/mol. The molecule has 2 aromatic rings. The van der Waals surface area contributed by atoms with Crippen LogP contribution in [0.5, 0.6) is 0 Å². The van der Waals surface area contributed by atoms with Crippen molar-refractivity contribution in [1.82, 2.24) is 10.6 Å². The van der Waals surface area contributed by atoms with E-state index < -0.39 is 0 Å². The van der Waals surface area contributed by atoms with Crippen molar-refractivity contribution in [2.24, 2.45) is 0 Å². The number of carbonyl (C=O) groups is 1. The number of hydrogen-bond acceptors (Lipinski definition) is 2. The zero-order valence-electron chi connectivity index (χ0n) is 10.8. The fourth-order valence-electron chi connectivity index (χ4n) is 1.77. The van der Waals surface area contributed by atoms with Crippen LogP contribution in [0.3, 0.4) is 0 Å². The Balaban J connectivity index is 1.87. The van der Waals surface area contributed by atoms with Gasteiger partial charge in [0.05, 0.1) is 16.9 Å². The highest BCUT2D eigenvalue weighted by molar-refractivity contribution is 9.10. The van der Waals surface area contributed by atoms with Gasteiger partial charge in [-0.15, -0.1) is 11.3 Å². The lowest BCUT2D eigenvalue weighted by molar-refractivity contribution is 0.237. The molecule has 2 amide bonds. The molecule has 0 saturated heterocycles. The maximum Gasteiger partial charge on any atom is 0.315 e. The summed E-state index contributed by atoms with van der Waals surface area (Å²) in [6.45, 7) is 2.42. The third-order valence-corrected chi connectivity index (χ3v) is 4.72. The molecule has 1 unspecified atom stereocenters. The molecule has 1 heterocycles. The first-order chi connectivity index (χ1) is 9.56. The molecule has 106 valence electrons. The summed E-state index contributed by atoms with van der Waals surface area (Å²) in [5.74, 6) is 0. The van der Waals surface area contributed by atoms with Gasteiger partial charge in [0.1, 0.15) is 0 Å². The van der Waals surface area contributed by atoms with Gasteiger partial charge in [0.2, 0.25) is 0 Å². The predicted molar refractivity (Wildman–Crippen MR) is 87.3 cm³/mol. The molecule has 0 bridgehead atoms. The van der Waals surface area contributed by atoms with Gasteiger partial charge in [0.15, 0.2) is 0 Å². The lowest BCUT2D eigenvalue weighted by Crippen LogP contribution is -2.36. The van der Waals surface area contributed by atoms with E-state index in [1.807, 2.05) is 43.3 Å². The van der Waals surface area contributed by atoms with Crippen molar-refractivity contribution in [3.63, 3.8) is 0 Å². The van der Waals surface area contributed by atoms with Crippen molar-refractivity contribution in [2.45, 2.75) is 19.5 Å². The number of hydrogen-bond donors (Lipinski definition) is 2. The Bertz CT molecular complexity index is 602. The SMILES string of the molecule is CC(NC(=O)NCc1ccc(Cl)s1)c1ccccc1Br. The maximum absolute atomic E-state index is 11.9. The second kappa shape index (κ2) is 7.11. The minimum absolute atomic E-state index is 0.0718. The summed E-state index contributed by atoms with van der Waals surface area (Å²) in [6.07, 6.45) is 0. The van der Waals surface area contributed by atoms with Crippen LogP contribution in [0.1, 0.15) is 23.4 Å². The van der Waals surface area contributed by atoms with Gasteiger partial charge < -0.3 is 10.6 Å². The molecule has 0 spiro atoms. The number of urea groups is 1.